The van der Waals surface area contributed by atoms with Gasteiger partial charge >= 0.3 is 0 Å². The Morgan fingerprint density at radius 1 is 1.33 bits per heavy atom. The molecule has 0 unspecified atom stereocenters. The van der Waals surface area contributed by atoms with Gasteiger partial charge in [0.25, 0.3) is 5.91 Å². The minimum atomic E-state index is -0.0210. The van der Waals surface area contributed by atoms with Gasteiger partial charge in [0.15, 0.2) is 0 Å². The maximum absolute atomic E-state index is 12.6. The van der Waals surface area contributed by atoms with Crippen LogP contribution in [0.5, 0.6) is 0 Å². The predicted octanol–water partition coefficient (Wildman–Crippen LogP) is 2.33. The van der Waals surface area contributed by atoms with E-state index in [1.807, 2.05) is 55.1 Å². The molecule has 0 radical (unpaired) electrons. The van der Waals surface area contributed by atoms with Gasteiger partial charge < -0.3 is 9.64 Å². The molecule has 1 N–H and O–H groups in total. The highest BCUT2D eigenvalue weighted by atomic mass is 16.5. The molecule has 2 aromatic rings. The van der Waals surface area contributed by atoms with E-state index in [1.54, 1.807) is 0 Å². The Bertz CT molecular complexity index is 623. The smallest absolute Gasteiger partial charge is 0.272 e. The first-order valence-electron chi connectivity index (χ1n) is 7.18. The van der Waals surface area contributed by atoms with Gasteiger partial charge in [-0.1, -0.05) is 30.3 Å². The van der Waals surface area contributed by atoms with Crippen molar-refractivity contribution in [1.29, 1.82) is 0 Å². The predicted molar refractivity (Wildman–Crippen MR) is 79.9 cm³/mol. The molecule has 1 saturated heterocycles. The average molecular weight is 285 g/mol. The number of hydrogen-bond donors (Lipinski definition) is 1. The summed E-state index contributed by atoms with van der Waals surface area (Å²) in [5.74, 6) is -0.0210. The molecule has 0 spiro atoms. The molecule has 110 valence electrons. The lowest BCUT2D eigenvalue weighted by atomic mass is 10.1. The summed E-state index contributed by atoms with van der Waals surface area (Å²) in [6.45, 7) is 5.17. The first kappa shape index (κ1) is 13.8. The number of nitrogens with one attached hydrogen (secondary N) is 1. The first-order chi connectivity index (χ1) is 10.1. The largest absolute Gasteiger partial charge is 0.375 e. The van der Waals surface area contributed by atoms with E-state index in [2.05, 4.69) is 10.2 Å². The molecule has 1 aromatic carbocycles. The summed E-state index contributed by atoms with van der Waals surface area (Å²) in [6.07, 6.45) is 0.0710. The quantitative estimate of drug-likeness (QED) is 0.921. The van der Waals surface area contributed by atoms with Crippen molar-refractivity contribution in [2.75, 3.05) is 13.2 Å². The van der Waals surface area contributed by atoms with Crippen molar-refractivity contribution < 1.29 is 9.53 Å². The molecule has 5 heteroatoms. The maximum Gasteiger partial charge on any atom is 0.272 e. The van der Waals surface area contributed by atoms with Gasteiger partial charge in [-0.15, -0.1) is 0 Å². The molecular formula is C16H19N3O2. The molecule has 1 aliphatic heterocycles. The summed E-state index contributed by atoms with van der Waals surface area (Å²) < 4.78 is 5.56. The third-order valence-electron chi connectivity index (χ3n) is 3.75. The van der Waals surface area contributed by atoms with Gasteiger partial charge in [0, 0.05) is 12.1 Å². The SMILES string of the molecule is C[C@@H]1CN(C(=O)c2cc(-c3ccccc3)n[nH]2)[C@@H](C)CO1. The summed E-state index contributed by atoms with van der Waals surface area (Å²) in [5.41, 5.74) is 2.30. The zero-order valence-electron chi connectivity index (χ0n) is 12.2. The van der Waals surface area contributed by atoms with E-state index < -0.39 is 0 Å². The average Bonchev–Trinajstić information content (AvgIpc) is 3.00. The highest BCUT2D eigenvalue weighted by molar-refractivity contribution is 5.93. The molecule has 1 fully saturated rings. The number of nitrogens with zero attached hydrogens (tertiary/aromatic N) is 2. The van der Waals surface area contributed by atoms with Crippen molar-refractivity contribution in [1.82, 2.24) is 15.1 Å². The lowest BCUT2D eigenvalue weighted by molar-refractivity contribution is -0.0389. The summed E-state index contributed by atoms with van der Waals surface area (Å²) in [5, 5.41) is 7.10. The monoisotopic (exact) mass is 285 g/mol. The van der Waals surface area contributed by atoms with E-state index in [9.17, 15) is 4.79 Å². The van der Waals surface area contributed by atoms with Crippen molar-refractivity contribution in [3.63, 3.8) is 0 Å². The van der Waals surface area contributed by atoms with E-state index in [0.29, 0.717) is 18.8 Å². The zero-order valence-corrected chi connectivity index (χ0v) is 12.2. The second kappa shape index (κ2) is 5.69. The molecule has 2 atom stereocenters. The van der Waals surface area contributed by atoms with Crippen molar-refractivity contribution in [2.24, 2.45) is 0 Å². The van der Waals surface area contributed by atoms with Gasteiger partial charge in [-0.25, -0.2) is 0 Å². The lowest BCUT2D eigenvalue weighted by Crippen LogP contribution is -2.50. The summed E-state index contributed by atoms with van der Waals surface area (Å²) in [7, 11) is 0. The van der Waals surface area contributed by atoms with Crippen LogP contribution in [0.2, 0.25) is 0 Å². The Morgan fingerprint density at radius 3 is 2.86 bits per heavy atom. The van der Waals surface area contributed by atoms with Gasteiger partial charge in [0.05, 0.1) is 24.4 Å². The second-order valence-corrected chi connectivity index (χ2v) is 5.48. The fraction of sp³-hybridized carbons (Fsp3) is 0.375. The number of ether oxygens (including phenoxy) is 1. The Labute approximate surface area is 123 Å². The molecule has 1 aliphatic rings. The number of aromatic amines is 1. The Balaban J connectivity index is 1.81. The number of benzene rings is 1. The number of aromatic nitrogens is 2. The summed E-state index contributed by atoms with van der Waals surface area (Å²) >= 11 is 0. The van der Waals surface area contributed by atoms with Crippen molar-refractivity contribution in [3.8, 4) is 11.3 Å². The Hall–Kier alpha value is -2.14. The molecule has 0 bridgehead atoms. The molecule has 5 nitrogen and oxygen atoms in total. The normalized spacial score (nSPS) is 22.3. The van der Waals surface area contributed by atoms with Gasteiger partial charge in [-0.05, 0) is 19.9 Å². The van der Waals surface area contributed by atoms with Crippen molar-refractivity contribution >= 4 is 5.91 Å². The number of amides is 1. The van der Waals surface area contributed by atoms with E-state index in [1.165, 1.54) is 0 Å². The van der Waals surface area contributed by atoms with Gasteiger partial charge in [0.1, 0.15) is 5.69 Å². The number of carbonyl (C=O) groups excluding carboxylic acids is 1. The van der Waals surface area contributed by atoms with Crippen LogP contribution in [0.15, 0.2) is 36.4 Å². The number of rotatable bonds is 2. The maximum atomic E-state index is 12.6. The fourth-order valence-electron chi connectivity index (χ4n) is 2.53. The molecule has 21 heavy (non-hydrogen) atoms. The third kappa shape index (κ3) is 2.83. The number of hydrogen-bond acceptors (Lipinski definition) is 3. The van der Waals surface area contributed by atoms with Crippen LogP contribution in [0.4, 0.5) is 0 Å². The van der Waals surface area contributed by atoms with Crippen LogP contribution in [-0.4, -0.2) is 46.3 Å². The van der Waals surface area contributed by atoms with Gasteiger partial charge in [0.2, 0.25) is 0 Å². The fourth-order valence-corrected chi connectivity index (χ4v) is 2.53. The van der Waals surface area contributed by atoms with Crippen molar-refractivity contribution in [3.05, 3.63) is 42.1 Å². The minimum Gasteiger partial charge on any atom is -0.375 e. The Kier molecular flexibility index (Phi) is 3.75. The summed E-state index contributed by atoms with van der Waals surface area (Å²) in [6, 6.07) is 11.7. The molecule has 1 amide bonds. The van der Waals surface area contributed by atoms with Crippen LogP contribution >= 0.6 is 0 Å². The Morgan fingerprint density at radius 2 is 2.10 bits per heavy atom. The molecule has 1 aromatic heterocycles. The van der Waals surface area contributed by atoms with Gasteiger partial charge in [-0.3, -0.25) is 9.89 Å². The van der Waals surface area contributed by atoms with Crippen LogP contribution in [0.25, 0.3) is 11.3 Å². The standard InChI is InChI=1S/C16H19N3O2/c1-11-10-21-12(2)9-19(11)16(20)15-8-14(17-18-15)13-6-4-3-5-7-13/h3-8,11-12H,9-10H2,1-2H3,(H,17,18)/t11-,12+/m0/s1. The van der Waals surface area contributed by atoms with Crippen LogP contribution in [-0.2, 0) is 4.74 Å². The molecule has 2 heterocycles. The topological polar surface area (TPSA) is 58.2 Å². The highest BCUT2D eigenvalue weighted by Gasteiger charge is 2.29. The number of morpholine rings is 1. The second-order valence-electron chi connectivity index (χ2n) is 5.48. The summed E-state index contributed by atoms with van der Waals surface area (Å²) in [4.78, 5) is 14.4. The van der Waals surface area contributed by atoms with Crippen LogP contribution < -0.4 is 0 Å². The van der Waals surface area contributed by atoms with E-state index in [0.717, 1.165) is 11.3 Å². The number of carbonyl (C=O) groups is 1. The number of H-pyrrole nitrogens is 1. The van der Waals surface area contributed by atoms with Gasteiger partial charge in [-0.2, -0.15) is 5.10 Å². The first-order valence-corrected chi connectivity index (χ1v) is 7.18. The van der Waals surface area contributed by atoms with E-state index >= 15 is 0 Å². The molecule has 3 rings (SSSR count). The van der Waals surface area contributed by atoms with E-state index in [4.69, 9.17) is 4.74 Å². The van der Waals surface area contributed by atoms with Crippen LogP contribution in [0.3, 0.4) is 0 Å². The molecular weight excluding hydrogens is 266 g/mol. The van der Waals surface area contributed by atoms with E-state index in [-0.39, 0.29) is 18.1 Å². The molecule has 0 aliphatic carbocycles. The van der Waals surface area contributed by atoms with Crippen molar-refractivity contribution in [2.45, 2.75) is 26.0 Å². The molecule has 0 saturated carbocycles. The zero-order chi connectivity index (χ0) is 14.8. The highest BCUT2D eigenvalue weighted by Crippen LogP contribution is 2.19. The van der Waals surface area contributed by atoms with Crippen LogP contribution in [0.1, 0.15) is 24.3 Å². The van der Waals surface area contributed by atoms with Crippen LogP contribution in [0, 0.1) is 0 Å². The third-order valence-corrected chi connectivity index (χ3v) is 3.75. The minimum absolute atomic E-state index is 0.0210. The lowest BCUT2D eigenvalue weighted by Gasteiger charge is -2.36.